The Morgan fingerprint density at radius 1 is 1.42 bits per heavy atom. The van der Waals surface area contributed by atoms with Gasteiger partial charge in [-0.05, 0) is 24.8 Å². The van der Waals surface area contributed by atoms with Gasteiger partial charge in [0, 0.05) is 0 Å². The normalized spacial score (nSPS) is 17.2. The Hall–Kier alpha value is -0.920. The monoisotopic (exact) mass is 167 g/mol. The summed E-state index contributed by atoms with van der Waals surface area (Å²) in [6.07, 6.45) is 6.18. The van der Waals surface area contributed by atoms with Crippen molar-refractivity contribution >= 4 is 0 Å². The van der Waals surface area contributed by atoms with E-state index in [0.29, 0.717) is 5.92 Å². The van der Waals surface area contributed by atoms with Gasteiger partial charge < -0.3 is 10.5 Å². The number of hydrogen-bond donors (Lipinski definition) is 1. The molecule has 1 rings (SSSR count). The summed E-state index contributed by atoms with van der Waals surface area (Å²) >= 11 is 0. The number of nitrogens with two attached hydrogens (primary N) is 1. The van der Waals surface area contributed by atoms with Crippen LogP contribution in [-0.4, -0.2) is 6.61 Å². The van der Waals surface area contributed by atoms with Gasteiger partial charge in [-0.15, -0.1) is 0 Å². The highest BCUT2D eigenvalue weighted by atomic mass is 16.5. The minimum absolute atomic E-state index is 0.556. The maximum Gasteiger partial charge on any atom is 0.137 e. The molecule has 0 unspecified atom stereocenters. The van der Waals surface area contributed by atoms with E-state index in [9.17, 15) is 0 Å². The first-order valence-electron chi connectivity index (χ1n) is 4.49. The highest BCUT2D eigenvalue weighted by Gasteiger charge is 2.06. The Kier molecular flexibility index (Phi) is 3.20. The van der Waals surface area contributed by atoms with Crippen molar-refractivity contribution in [2.75, 3.05) is 6.61 Å². The van der Waals surface area contributed by atoms with Crippen LogP contribution >= 0.6 is 0 Å². The molecule has 0 radical (unpaired) electrons. The standard InChI is InChI=1S/C10H17NO/c1-8(2)7-12-10-6-4-3-5-9(10)11/h5-6,8H,3-4,7,11H2,1-2H3. The Balaban J connectivity index is 2.41. The molecular weight excluding hydrogens is 150 g/mol. The molecule has 2 nitrogen and oxygen atoms in total. The van der Waals surface area contributed by atoms with Crippen LogP contribution in [0.4, 0.5) is 0 Å². The van der Waals surface area contributed by atoms with Crippen LogP contribution in [0.3, 0.4) is 0 Å². The van der Waals surface area contributed by atoms with E-state index in [0.717, 1.165) is 30.9 Å². The molecule has 0 spiro atoms. The zero-order valence-corrected chi connectivity index (χ0v) is 7.84. The summed E-state index contributed by atoms with van der Waals surface area (Å²) in [5, 5.41) is 0. The molecule has 0 fully saturated rings. The van der Waals surface area contributed by atoms with Gasteiger partial charge in [0.25, 0.3) is 0 Å². The molecule has 1 aliphatic rings. The average molecular weight is 167 g/mol. The lowest BCUT2D eigenvalue weighted by atomic mass is 10.1. The van der Waals surface area contributed by atoms with E-state index in [1.165, 1.54) is 0 Å². The third kappa shape index (κ3) is 2.61. The lowest BCUT2D eigenvalue weighted by Gasteiger charge is -2.15. The van der Waals surface area contributed by atoms with Crippen LogP contribution in [0.25, 0.3) is 0 Å². The third-order valence-electron chi connectivity index (χ3n) is 1.72. The molecule has 0 heterocycles. The molecule has 2 heteroatoms. The second-order valence-electron chi connectivity index (χ2n) is 3.51. The fourth-order valence-electron chi connectivity index (χ4n) is 1.07. The fraction of sp³-hybridized carbons (Fsp3) is 0.600. The van der Waals surface area contributed by atoms with Crippen molar-refractivity contribution in [2.24, 2.45) is 11.7 Å². The maximum absolute atomic E-state index is 5.73. The first-order valence-corrected chi connectivity index (χ1v) is 4.49. The number of hydrogen-bond acceptors (Lipinski definition) is 2. The highest BCUT2D eigenvalue weighted by Crippen LogP contribution is 2.16. The SMILES string of the molecule is CC(C)COC1=CCCC=C1N. The molecule has 2 N–H and O–H groups in total. The number of rotatable bonds is 3. The van der Waals surface area contributed by atoms with Crippen LogP contribution in [0.5, 0.6) is 0 Å². The van der Waals surface area contributed by atoms with E-state index < -0.39 is 0 Å². The molecule has 0 saturated carbocycles. The zero-order chi connectivity index (χ0) is 8.97. The Morgan fingerprint density at radius 2 is 2.08 bits per heavy atom. The van der Waals surface area contributed by atoms with Crippen LogP contribution in [-0.2, 0) is 4.74 Å². The topological polar surface area (TPSA) is 35.2 Å². The smallest absolute Gasteiger partial charge is 0.137 e. The van der Waals surface area contributed by atoms with Crippen molar-refractivity contribution in [2.45, 2.75) is 26.7 Å². The highest BCUT2D eigenvalue weighted by molar-refractivity contribution is 5.25. The molecule has 0 atom stereocenters. The van der Waals surface area contributed by atoms with Gasteiger partial charge >= 0.3 is 0 Å². The largest absolute Gasteiger partial charge is 0.492 e. The van der Waals surface area contributed by atoms with Gasteiger partial charge in [0.05, 0.1) is 12.3 Å². The Morgan fingerprint density at radius 3 is 2.67 bits per heavy atom. The predicted octanol–water partition coefficient (Wildman–Crippen LogP) is 2.18. The number of ether oxygens (including phenoxy) is 1. The average Bonchev–Trinajstić information content (AvgIpc) is 2.03. The predicted molar refractivity (Wildman–Crippen MR) is 50.4 cm³/mol. The summed E-state index contributed by atoms with van der Waals surface area (Å²) in [7, 11) is 0. The quantitative estimate of drug-likeness (QED) is 0.699. The minimum atomic E-state index is 0.556. The van der Waals surface area contributed by atoms with E-state index in [4.69, 9.17) is 10.5 Å². The Bertz CT molecular complexity index is 204. The second kappa shape index (κ2) is 4.19. The zero-order valence-electron chi connectivity index (χ0n) is 7.84. The summed E-state index contributed by atoms with van der Waals surface area (Å²) in [5.74, 6) is 1.43. The molecule has 68 valence electrons. The van der Waals surface area contributed by atoms with Crippen molar-refractivity contribution in [3.8, 4) is 0 Å². The van der Waals surface area contributed by atoms with Crippen molar-refractivity contribution < 1.29 is 4.74 Å². The fourth-order valence-corrected chi connectivity index (χ4v) is 1.07. The van der Waals surface area contributed by atoms with Gasteiger partial charge in [0.2, 0.25) is 0 Å². The molecule has 0 aliphatic heterocycles. The summed E-state index contributed by atoms with van der Waals surface area (Å²) in [5.41, 5.74) is 6.53. The molecule has 0 saturated heterocycles. The van der Waals surface area contributed by atoms with E-state index in [-0.39, 0.29) is 0 Å². The van der Waals surface area contributed by atoms with Crippen molar-refractivity contribution in [3.05, 3.63) is 23.6 Å². The van der Waals surface area contributed by atoms with Crippen molar-refractivity contribution in [1.29, 1.82) is 0 Å². The summed E-state index contributed by atoms with van der Waals surface area (Å²) in [4.78, 5) is 0. The van der Waals surface area contributed by atoms with Gasteiger partial charge in [-0.3, -0.25) is 0 Å². The van der Waals surface area contributed by atoms with Crippen LogP contribution in [0.15, 0.2) is 23.6 Å². The maximum atomic E-state index is 5.73. The van der Waals surface area contributed by atoms with Crippen LogP contribution < -0.4 is 5.73 Å². The van der Waals surface area contributed by atoms with Crippen LogP contribution in [0, 0.1) is 5.92 Å². The van der Waals surface area contributed by atoms with Gasteiger partial charge in [0.15, 0.2) is 0 Å². The first kappa shape index (κ1) is 9.17. The van der Waals surface area contributed by atoms with Crippen LogP contribution in [0.2, 0.25) is 0 Å². The molecule has 0 aromatic heterocycles. The number of allylic oxidation sites excluding steroid dienone is 2. The Labute approximate surface area is 74.1 Å². The molecule has 0 amide bonds. The van der Waals surface area contributed by atoms with Gasteiger partial charge in [-0.25, -0.2) is 0 Å². The molecule has 0 aromatic rings. The second-order valence-corrected chi connectivity index (χ2v) is 3.51. The summed E-state index contributed by atoms with van der Waals surface area (Å²) in [6.45, 7) is 5.01. The first-order chi connectivity index (χ1) is 5.70. The van der Waals surface area contributed by atoms with E-state index in [1.807, 2.05) is 6.08 Å². The third-order valence-corrected chi connectivity index (χ3v) is 1.72. The minimum Gasteiger partial charge on any atom is -0.492 e. The molecule has 0 bridgehead atoms. The van der Waals surface area contributed by atoms with Gasteiger partial charge in [0.1, 0.15) is 5.76 Å². The summed E-state index contributed by atoms with van der Waals surface area (Å²) < 4.78 is 5.52. The van der Waals surface area contributed by atoms with Gasteiger partial charge in [-0.2, -0.15) is 0 Å². The molecular formula is C10H17NO. The lowest BCUT2D eigenvalue weighted by Crippen LogP contribution is -2.10. The van der Waals surface area contributed by atoms with Gasteiger partial charge in [-0.1, -0.05) is 19.9 Å². The molecule has 0 aromatic carbocycles. The lowest BCUT2D eigenvalue weighted by molar-refractivity contribution is 0.183. The molecule has 12 heavy (non-hydrogen) atoms. The van der Waals surface area contributed by atoms with Crippen molar-refractivity contribution in [1.82, 2.24) is 0 Å². The van der Waals surface area contributed by atoms with E-state index >= 15 is 0 Å². The van der Waals surface area contributed by atoms with Crippen LogP contribution in [0.1, 0.15) is 26.7 Å². The van der Waals surface area contributed by atoms with E-state index in [1.54, 1.807) is 0 Å². The summed E-state index contributed by atoms with van der Waals surface area (Å²) in [6, 6.07) is 0. The molecule has 1 aliphatic carbocycles. The van der Waals surface area contributed by atoms with E-state index in [2.05, 4.69) is 19.9 Å². The van der Waals surface area contributed by atoms with Crippen molar-refractivity contribution in [3.63, 3.8) is 0 Å².